The molecule has 9 nitrogen and oxygen atoms in total. The molecule has 0 unspecified atom stereocenters. The summed E-state index contributed by atoms with van der Waals surface area (Å²) in [6.45, 7) is 13.3. The van der Waals surface area contributed by atoms with E-state index in [0.717, 1.165) is 0 Å². The molecule has 184 valence electrons. The fourth-order valence-corrected chi connectivity index (χ4v) is 2.83. The molecule has 1 aromatic carbocycles. The molecule has 0 saturated heterocycles. The number of benzene rings is 1. The summed E-state index contributed by atoms with van der Waals surface area (Å²) in [5.41, 5.74) is 8.55. The predicted octanol–water partition coefficient (Wildman–Crippen LogP) is 5.33. The fourth-order valence-electron chi connectivity index (χ4n) is 2.83. The molecule has 4 rings (SSSR count). The van der Waals surface area contributed by atoms with Crippen LogP contribution >= 0.6 is 0 Å². The van der Waals surface area contributed by atoms with Crippen LogP contribution < -0.4 is 11.1 Å². The van der Waals surface area contributed by atoms with E-state index in [1.54, 1.807) is 41.9 Å². The number of nitrogen functional groups attached to an aromatic ring is 1. The molecular weight excluding hydrogens is 449 g/mol. The number of carbonyl (C=O) groups excluding carboxylic acids is 1. The first kappa shape index (κ1) is 26.9. The van der Waals surface area contributed by atoms with Crippen LogP contribution in [0.15, 0.2) is 65.5 Å². The Morgan fingerprint density at radius 1 is 1.17 bits per heavy atom. The molecule has 0 spiro atoms. The molecule has 10 heteroatoms. The maximum Gasteiger partial charge on any atom is 0.250 e. The van der Waals surface area contributed by atoms with Crippen LogP contribution in [0, 0.1) is 5.82 Å². The Labute approximate surface area is 203 Å². The summed E-state index contributed by atoms with van der Waals surface area (Å²) in [4.78, 5) is 20.3. The minimum absolute atomic E-state index is 0.0752. The number of anilines is 2. The minimum Gasteiger partial charge on any atom is -0.382 e. The SMILES string of the molecule is C=C(C)C(=O)Nc1cnc(-c2cc(-c3ccon3)n(Cc3ccccc3F)n2)nc1N.CC.CC. The molecule has 0 aliphatic heterocycles. The molecule has 0 aliphatic rings. The third kappa shape index (κ3) is 6.59. The average molecular weight is 480 g/mol. The topological polar surface area (TPSA) is 125 Å². The lowest BCUT2D eigenvalue weighted by Crippen LogP contribution is -2.14. The Hall–Kier alpha value is -4.34. The highest BCUT2D eigenvalue weighted by Crippen LogP contribution is 2.26. The lowest BCUT2D eigenvalue weighted by Gasteiger charge is -2.07. The first-order valence-electron chi connectivity index (χ1n) is 11.2. The molecule has 0 saturated carbocycles. The van der Waals surface area contributed by atoms with Gasteiger partial charge in [-0.05, 0) is 19.1 Å². The first-order chi connectivity index (χ1) is 16.9. The summed E-state index contributed by atoms with van der Waals surface area (Å²) in [5, 5.41) is 11.1. The summed E-state index contributed by atoms with van der Waals surface area (Å²) in [6.07, 6.45) is 2.83. The summed E-state index contributed by atoms with van der Waals surface area (Å²) in [7, 11) is 0. The molecule has 1 amide bonds. The molecule has 3 heterocycles. The number of nitrogens with two attached hydrogens (primary N) is 1. The number of hydrogen-bond acceptors (Lipinski definition) is 7. The molecule has 0 atom stereocenters. The zero-order chi connectivity index (χ0) is 26.0. The minimum atomic E-state index is -0.384. The van der Waals surface area contributed by atoms with Crippen LogP contribution in [0.3, 0.4) is 0 Å². The van der Waals surface area contributed by atoms with Crippen molar-refractivity contribution in [3.63, 3.8) is 0 Å². The van der Waals surface area contributed by atoms with Crippen molar-refractivity contribution < 1.29 is 13.7 Å². The largest absolute Gasteiger partial charge is 0.382 e. The molecule has 0 bridgehead atoms. The average Bonchev–Trinajstić information content (AvgIpc) is 3.54. The quantitative estimate of drug-likeness (QED) is 0.358. The third-order valence-electron chi connectivity index (χ3n) is 4.44. The van der Waals surface area contributed by atoms with E-state index in [4.69, 9.17) is 10.3 Å². The third-order valence-corrected chi connectivity index (χ3v) is 4.44. The zero-order valence-corrected chi connectivity index (χ0v) is 20.5. The van der Waals surface area contributed by atoms with E-state index >= 15 is 0 Å². The number of amides is 1. The van der Waals surface area contributed by atoms with Gasteiger partial charge >= 0.3 is 0 Å². The van der Waals surface area contributed by atoms with Gasteiger partial charge in [0.1, 0.15) is 29.2 Å². The number of nitrogens with one attached hydrogen (secondary N) is 1. The van der Waals surface area contributed by atoms with E-state index in [-0.39, 0.29) is 35.6 Å². The van der Waals surface area contributed by atoms with E-state index < -0.39 is 0 Å². The van der Waals surface area contributed by atoms with Crippen molar-refractivity contribution in [2.45, 2.75) is 41.2 Å². The van der Waals surface area contributed by atoms with Gasteiger partial charge in [-0.15, -0.1) is 0 Å². The first-order valence-corrected chi connectivity index (χ1v) is 11.2. The number of halogens is 1. The van der Waals surface area contributed by atoms with Gasteiger partial charge in [-0.2, -0.15) is 5.10 Å². The second kappa shape index (κ2) is 12.8. The van der Waals surface area contributed by atoms with Gasteiger partial charge in [0, 0.05) is 17.2 Å². The van der Waals surface area contributed by atoms with Crippen LogP contribution in [-0.2, 0) is 11.3 Å². The molecule has 0 radical (unpaired) electrons. The monoisotopic (exact) mass is 479 g/mol. The van der Waals surface area contributed by atoms with Crippen molar-refractivity contribution in [2.75, 3.05) is 11.1 Å². The van der Waals surface area contributed by atoms with Gasteiger partial charge in [0.25, 0.3) is 5.91 Å². The van der Waals surface area contributed by atoms with Crippen molar-refractivity contribution >= 4 is 17.4 Å². The molecule has 35 heavy (non-hydrogen) atoms. The zero-order valence-electron chi connectivity index (χ0n) is 20.5. The number of aromatic nitrogens is 5. The van der Waals surface area contributed by atoms with Gasteiger partial charge in [0.05, 0.1) is 18.4 Å². The van der Waals surface area contributed by atoms with Crippen molar-refractivity contribution in [3.8, 4) is 22.9 Å². The van der Waals surface area contributed by atoms with E-state index in [9.17, 15) is 9.18 Å². The van der Waals surface area contributed by atoms with Gasteiger partial charge in [-0.25, -0.2) is 14.4 Å². The highest BCUT2D eigenvalue weighted by atomic mass is 19.1. The van der Waals surface area contributed by atoms with Crippen LogP contribution in [0.4, 0.5) is 15.9 Å². The summed E-state index contributed by atoms with van der Waals surface area (Å²) < 4.78 is 20.7. The van der Waals surface area contributed by atoms with Crippen LogP contribution in [-0.4, -0.2) is 30.8 Å². The van der Waals surface area contributed by atoms with E-state index in [1.807, 2.05) is 27.7 Å². The number of rotatable bonds is 6. The van der Waals surface area contributed by atoms with Crippen LogP contribution in [0.25, 0.3) is 22.9 Å². The van der Waals surface area contributed by atoms with Gasteiger partial charge < -0.3 is 15.6 Å². The molecular formula is C25H30FN7O2. The highest BCUT2D eigenvalue weighted by Gasteiger charge is 2.18. The van der Waals surface area contributed by atoms with E-state index in [0.29, 0.717) is 28.2 Å². The van der Waals surface area contributed by atoms with Crippen LogP contribution in [0.1, 0.15) is 40.2 Å². The van der Waals surface area contributed by atoms with E-state index in [2.05, 4.69) is 32.1 Å². The number of nitrogens with zero attached hydrogens (tertiary/aromatic N) is 5. The Morgan fingerprint density at radius 2 is 1.89 bits per heavy atom. The smallest absolute Gasteiger partial charge is 0.250 e. The standard InChI is InChI=1S/C21H18FN7O2.2C2H6/c1-12(2)21(30)25-17-10-24-20(26-19(17)23)16-9-18(15-7-8-31-28-15)29(27-16)11-13-5-3-4-6-14(13)22;2*1-2/h3-10H,1,11H2,2H3,(H,25,30)(H2,23,24,26);2*1-2H3. The summed E-state index contributed by atoms with van der Waals surface area (Å²) in [5.74, 6) is -0.414. The Balaban J connectivity index is 0.00000103. The molecule has 0 aliphatic carbocycles. The Morgan fingerprint density at radius 3 is 2.49 bits per heavy atom. The van der Waals surface area contributed by atoms with Gasteiger partial charge in [-0.1, -0.05) is 57.6 Å². The second-order valence-electron chi connectivity index (χ2n) is 6.78. The van der Waals surface area contributed by atoms with Crippen molar-refractivity contribution in [3.05, 3.63) is 72.4 Å². The summed E-state index contributed by atoms with van der Waals surface area (Å²) in [6, 6.07) is 9.81. The van der Waals surface area contributed by atoms with Gasteiger partial charge in [0.15, 0.2) is 11.6 Å². The van der Waals surface area contributed by atoms with Crippen LogP contribution in [0.2, 0.25) is 0 Å². The second-order valence-corrected chi connectivity index (χ2v) is 6.78. The van der Waals surface area contributed by atoms with Crippen LogP contribution in [0.5, 0.6) is 0 Å². The maximum absolute atomic E-state index is 14.2. The number of carbonyl (C=O) groups is 1. The molecule has 3 aromatic heterocycles. The fraction of sp³-hybridized carbons (Fsp3) is 0.240. The summed E-state index contributed by atoms with van der Waals surface area (Å²) >= 11 is 0. The van der Waals surface area contributed by atoms with Gasteiger partial charge in [0.2, 0.25) is 0 Å². The molecule has 0 fully saturated rings. The Bertz CT molecular complexity index is 1270. The number of hydrogen-bond donors (Lipinski definition) is 2. The van der Waals surface area contributed by atoms with Crippen molar-refractivity contribution in [1.29, 1.82) is 0 Å². The van der Waals surface area contributed by atoms with Crippen molar-refractivity contribution in [2.24, 2.45) is 0 Å². The van der Waals surface area contributed by atoms with E-state index in [1.165, 1.54) is 18.5 Å². The maximum atomic E-state index is 14.2. The molecule has 4 aromatic rings. The lowest BCUT2D eigenvalue weighted by molar-refractivity contribution is -0.112. The molecule has 3 N–H and O–H groups in total. The normalized spacial score (nSPS) is 9.89. The predicted molar refractivity (Wildman–Crippen MR) is 135 cm³/mol. The lowest BCUT2D eigenvalue weighted by atomic mass is 10.2. The van der Waals surface area contributed by atoms with Gasteiger partial charge in [-0.3, -0.25) is 9.48 Å². The van der Waals surface area contributed by atoms with Crippen molar-refractivity contribution in [1.82, 2.24) is 24.9 Å². The highest BCUT2D eigenvalue weighted by molar-refractivity contribution is 6.04. The Kier molecular flexibility index (Phi) is 9.83.